The van der Waals surface area contributed by atoms with Gasteiger partial charge in [-0.1, -0.05) is 12.1 Å². The minimum absolute atomic E-state index is 0. The van der Waals surface area contributed by atoms with Crippen molar-refractivity contribution < 1.29 is 14.9 Å². The first-order valence-electron chi connectivity index (χ1n) is 7.56. The molecule has 1 aromatic heterocycles. The first kappa shape index (κ1) is 20.7. The summed E-state index contributed by atoms with van der Waals surface area (Å²) in [6.45, 7) is 1.68. The van der Waals surface area contributed by atoms with Crippen LogP contribution in [0, 0.1) is 0 Å². The third-order valence-electron chi connectivity index (χ3n) is 3.92. The van der Waals surface area contributed by atoms with Crippen molar-refractivity contribution in [3.63, 3.8) is 0 Å². The van der Waals surface area contributed by atoms with Crippen molar-refractivity contribution in [2.45, 2.75) is 18.6 Å². The van der Waals surface area contributed by atoms with Gasteiger partial charge in [-0.25, -0.2) is 4.98 Å². The smallest absolute Gasteiger partial charge is 0.143 e. The summed E-state index contributed by atoms with van der Waals surface area (Å²) < 4.78 is 7.62. The van der Waals surface area contributed by atoms with E-state index in [0.717, 1.165) is 24.4 Å². The molecule has 134 valence electrons. The molecule has 24 heavy (non-hydrogen) atoms. The van der Waals surface area contributed by atoms with Crippen LogP contribution in [0.2, 0.25) is 0 Å². The van der Waals surface area contributed by atoms with Gasteiger partial charge in [0, 0.05) is 18.9 Å². The van der Waals surface area contributed by atoms with Crippen molar-refractivity contribution in [1.82, 2.24) is 14.9 Å². The van der Waals surface area contributed by atoms with Gasteiger partial charge >= 0.3 is 0 Å². The van der Waals surface area contributed by atoms with Gasteiger partial charge in [0.2, 0.25) is 0 Å². The van der Waals surface area contributed by atoms with Crippen LogP contribution in [0.5, 0.6) is 5.75 Å². The molecule has 1 aliphatic rings. The van der Waals surface area contributed by atoms with Gasteiger partial charge in [-0.2, -0.15) is 0 Å². The molecular formula is C16H23Cl2N3O3. The topological polar surface area (TPSA) is 79.5 Å². The molecule has 1 aliphatic heterocycles. The summed E-state index contributed by atoms with van der Waals surface area (Å²) in [6, 6.07) is 7.63. The van der Waals surface area contributed by atoms with E-state index in [-0.39, 0.29) is 44.1 Å². The molecule has 0 unspecified atom stereocenters. The molecule has 2 aromatic rings. The number of ether oxygens (including phenoxy) is 1. The van der Waals surface area contributed by atoms with Crippen LogP contribution in [0.4, 0.5) is 0 Å². The summed E-state index contributed by atoms with van der Waals surface area (Å²) in [4.78, 5) is 4.45. The maximum Gasteiger partial charge on any atom is 0.143 e. The standard InChI is InChI=1S/C16H21N3O3.2ClH/c20-9-10-22-15-4-2-1-3-12(15)16-18-7-8-19(16)13-5-6-17-11-14(13)21;;/h1-4,7-8,13-14,17,20-21H,5-6,9-11H2;2*1H/t13-,14-;;/m0../s1. The largest absolute Gasteiger partial charge is 0.490 e. The zero-order valence-corrected chi connectivity index (χ0v) is 14.8. The minimum Gasteiger partial charge on any atom is -0.490 e. The molecule has 1 saturated heterocycles. The molecule has 8 heteroatoms. The SMILES string of the molecule is Cl.Cl.OCCOc1ccccc1-c1nccn1[C@H]1CCNC[C@@H]1O. The molecule has 3 N–H and O–H groups in total. The lowest BCUT2D eigenvalue weighted by Crippen LogP contribution is -2.41. The number of imidazole rings is 1. The molecule has 6 nitrogen and oxygen atoms in total. The van der Waals surface area contributed by atoms with Crippen molar-refractivity contribution in [1.29, 1.82) is 0 Å². The van der Waals surface area contributed by atoms with Crippen LogP contribution >= 0.6 is 24.8 Å². The second-order valence-corrected chi connectivity index (χ2v) is 5.35. The summed E-state index contributed by atoms with van der Waals surface area (Å²) in [6.07, 6.45) is 4.06. The third-order valence-corrected chi connectivity index (χ3v) is 3.92. The Hall–Kier alpha value is -1.31. The van der Waals surface area contributed by atoms with Gasteiger partial charge in [0.05, 0.1) is 24.3 Å². The summed E-state index contributed by atoms with van der Waals surface area (Å²) in [5.41, 5.74) is 0.867. The monoisotopic (exact) mass is 375 g/mol. The molecule has 0 spiro atoms. The van der Waals surface area contributed by atoms with Crippen molar-refractivity contribution >= 4 is 24.8 Å². The number of nitrogens with one attached hydrogen (secondary N) is 1. The fourth-order valence-corrected chi connectivity index (χ4v) is 2.87. The lowest BCUT2D eigenvalue weighted by molar-refractivity contribution is 0.0880. The number of aliphatic hydroxyl groups is 2. The van der Waals surface area contributed by atoms with E-state index in [1.807, 2.05) is 35.0 Å². The zero-order valence-electron chi connectivity index (χ0n) is 13.2. The number of para-hydroxylation sites is 1. The van der Waals surface area contributed by atoms with E-state index in [1.165, 1.54) is 0 Å². The maximum atomic E-state index is 10.2. The number of hydrogen-bond donors (Lipinski definition) is 3. The number of hydrogen-bond acceptors (Lipinski definition) is 5. The number of β-amino-alcohol motifs (C(OH)–C–C–N with tert-alkyl or cyclic N) is 1. The second-order valence-electron chi connectivity index (χ2n) is 5.35. The number of benzene rings is 1. The third kappa shape index (κ3) is 4.40. The maximum absolute atomic E-state index is 10.2. The quantitative estimate of drug-likeness (QED) is 0.740. The summed E-state index contributed by atoms with van der Waals surface area (Å²) >= 11 is 0. The molecule has 0 aliphatic carbocycles. The number of piperidine rings is 1. The molecule has 2 heterocycles. The average molecular weight is 376 g/mol. The van der Waals surface area contributed by atoms with E-state index in [4.69, 9.17) is 9.84 Å². The normalized spacial score (nSPS) is 19.9. The Morgan fingerprint density at radius 3 is 2.83 bits per heavy atom. The first-order chi connectivity index (χ1) is 10.8. The number of rotatable bonds is 5. The molecule has 0 radical (unpaired) electrons. The molecule has 1 aromatic carbocycles. The van der Waals surface area contributed by atoms with Gasteiger partial charge in [0.15, 0.2) is 0 Å². The van der Waals surface area contributed by atoms with Crippen molar-refractivity contribution in [3.8, 4) is 17.1 Å². The Morgan fingerprint density at radius 1 is 1.29 bits per heavy atom. The zero-order chi connectivity index (χ0) is 15.4. The van der Waals surface area contributed by atoms with Crippen molar-refractivity contribution in [2.75, 3.05) is 26.3 Å². The van der Waals surface area contributed by atoms with Crippen LogP contribution in [-0.4, -0.2) is 52.2 Å². The highest BCUT2D eigenvalue weighted by Gasteiger charge is 2.26. The van der Waals surface area contributed by atoms with Crippen LogP contribution < -0.4 is 10.1 Å². The predicted molar refractivity (Wildman–Crippen MR) is 97.3 cm³/mol. The molecule has 2 atom stereocenters. The average Bonchev–Trinajstić information content (AvgIpc) is 3.03. The Labute approximate surface area is 153 Å². The Morgan fingerprint density at radius 2 is 2.08 bits per heavy atom. The van der Waals surface area contributed by atoms with Gasteiger partial charge in [0.1, 0.15) is 18.2 Å². The van der Waals surface area contributed by atoms with Gasteiger partial charge in [0.25, 0.3) is 0 Å². The number of aliphatic hydroxyl groups excluding tert-OH is 2. The summed E-state index contributed by atoms with van der Waals surface area (Å²) in [5.74, 6) is 1.46. The van der Waals surface area contributed by atoms with Crippen LogP contribution in [0.1, 0.15) is 12.5 Å². The van der Waals surface area contributed by atoms with Crippen LogP contribution in [0.15, 0.2) is 36.7 Å². The lowest BCUT2D eigenvalue weighted by Gasteiger charge is -2.30. The Kier molecular flexibility index (Phi) is 8.52. The number of halogens is 2. The first-order valence-corrected chi connectivity index (χ1v) is 7.56. The predicted octanol–water partition coefficient (Wildman–Crippen LogP) is 1.66. The minimum atomic E-state index is -0.438. The van der Waals surface area contributed by atoms with Gasteiger partial charge in [-0.3, -0.25) is 0 Å². The molecular weight excluding hydrogens is 353 g/mol. The lowest BCUT2D eigenvalue weighted by atomic mass is 10.0. The van der Waals surface area contributed by atoms with Crippen molar-refractivity contribution in [3.05, 3.63) is 36.7 Å². The van der Waals surface area contributed by atoms with Gasteiger partial charge in [-0.05, 0) is 25.1 Å². The van der Waals surface area contributed by atoms with Crippen LogP contribution in [0.3, 0.4) is 0 Å². The van der Waals surface area contributed by atoms with Gasteiger partial charge < -0.3 is 24.8 Å². The van der Waals surface area contributed by atoms with Crippen LogP contribution in [-0.2, 0) is 0 Å². The van der Waals surface area contributed by atoms with Gasteiger partial charge in [-0.15, -0.1) is 24.8 Å². The molecule has 1 fully saturated rings. The molecule has 0 bridgehead atoms. The Balaban J connectivity index is 0.00000144. The second kappa shape index (κ2) is 9.86. The van der Waals surface area contributed by atoms with E-state index in [2.05, 4.69) is 10.3 Å². The summed E-state index contributed by atoms with van der Waals surface area (Å²) in [5, 5.41) is 22.4. The van der Waals surface area contributed by atoms with Crippen LogP contribution in [0.25, 0.3) is 11.4 Å². The molecule has 0 amide bonds. The van der Waals surface area contributed by atoms with E-state index in [9.17, 15) is 5.11 Å². The fourth-order valence-electron chi connectivity index (χ4n) is 2.87. The highest BCUT2D eigenvalue weighted by molar-refractivity contribution is 5.85. The van der Waals surface area contributed by atoms with E-state index in [1.54, 1.807) is 6.20 Å². The highest BCUT2D eigenvalue weighted by Crippen LogP contribution is 2.32. The molecule has 3 rings (SSSR count). The summed E-state index contributed by atoms with van der Waals surface area (Å²) in [7, 11) is 0. The number of nitrogens with zero attached hydrogens (tertiary/aromatic N) is 2. The fraction of sp³-hybridized carbons (Fsp3) is 0.438. The molecule has 0 saturated carbocycles. The number of aromatic nitrogens is 2. The highest BCUT2D eigenvalue weighted by atomic mass is 35.5. The van der Waals surface area contributed by atoms with E-state index < -0.39 is 6.10 Å². The van der Waals surface area contributed by atoms with E-state index in [0.29, 0.717) is 12.3 Å². The van der Waals surface area contributed by atoms with E-state index >= 15 is 0 Å². The Bertz CT molecular complexity index is 624. The van der Waals surface area contributed by atoms with Crippen molar-refractivity contribution in [2.24, 2.45) is 0 Å².